The van der Waals surface area contributed by atoms with Crippen LogP contribution in [0.3, 0.4) is 0 Å². The van der Waals surface area contributed by atoms with Gasteiger partial charge < -0.3 is 19.7 Å². The minimum atomic E-state index is -0.313. The lowest BCUT2D eigenvalue weighted by Gasteiger charge is -2.38. The number of aromatic amines is 1. The number of aromatic nitrogens is 2. The quantitative estimate of drug-likeness (QED) is 0.731. The zero-order chi connectivity index (χ0) is 19.3. The molecule has 5 rings (SSSR count). The number of H-pyrrole nitrogens is 1. The predicted molar refractivity (Wildman–Crippen MR) is 103 cm³/mol. The van der Waals surface area contributed by atoms with E-state index < -0.39 is 0 Å². The van der Waals surface area contributed by atoms with E-state index in [-0.39, 0.29) is 18.9 Å². The number of benzene rings is 2. The average Bonchev–Trinajstić information content (AvgIpc) is 3.30. The van der Waals surface area contributed by atoms with E-state index in [0.29, 0.717) is 17.9 Å². The van der Waals surface area contributed by atoms with Crippen molar-refractivity contribution in [1.29, 1.82) is 0 Å². The summed E-state index contributed by atoms with van der Waals surface area (Å²) in [5, 5.41) is 10.9. The molecule has 28 heavy (non-hydrogen) atoms. The molecule has 2 aliphatic rings. The van der Waals surface area contributed by atoms with Crippen LogP contribution < -0.4 is 14.8 Å². The SMILES string of the molecule is Cc1n[nH]c(C)c1[C@@H]1Nc2ccccc2C(=O)N1Cc1ccc2c(c1)OCO2. The van der Waals surface area contributed by atoms with Crippen LogP contribution in [0.25, 0.3) is 0 Å². The van der Waals surface area contributed by atoms with Crippen LogP contribution in [0.1, 0.15) is 39.0 Å². The Hall–Kier alpha value is -3.48. The van der Waals surface area contributed by atoms with Gasteiger partial charge in [0.2, 0.25) is 6.79 Å². The normalized spacial score (nSPS) is 17.4. The maximum Gasteiger partial charge on any atom is 0.258 e. The third kappa shape index (κ3) is 2.58. The number of amides is 1. The third-order valence-electron chi connectivity index (χ3n) is 5.27. The van der Waals surface area contributed by atoms with Crippen molar-refractivity contribution in [2.24, 2.45) is 0 Å². The molecule has 0 fully saturated rings. The number of anilines is 1. The molecule has 0 spiro atoms. The number of hydrogen-bond acceptors (Lipinski definition) is 5. The van der Waals surface area contributed by atoms with Crippen LogP contribution in [0.15, 0.2) is 42.5 Å². The second-order valence-electron chi connectivity index (χ2n) is 7.06. The highest BCUT2D eigenvalue weighted by Gasteiger charge is 2.35. The first-order valence-corrected chi connectivity index (χ1v) is 9.18. The van der Waals surface area contributed by atoms with Gasteiger partial charge in [-0.05, 0) is 43.7 Å². The van der Waals surface area contributed by atoms with Crippen LogP contribution in [0, 0.1) is 13.8 Å². The molecule has 0 saturated carbocycles. The largest absolute Gasteiger partial charge is 0.454 e. The predicted octanol–water partition coefficient (Wildman–Crippen LogP) is 3.52. The van der Waals surface area contributed by atoms with Gasteiger partial charge in [-0.25, -0.2) is 0 Å². The molecule has 3 heterocycles. The van der Waals surface area contributed by atoms with E-state index in [1.807, 2.05) is 61.2 Å². The fourth-order valence-corrected chi connectivity index (χ4v) is 3.88. The van der Waals surface area contributed by atoms with E-state index in [4.69, 9.17) is 9.47 Å². The number of hydrogen-bond donors (Lipinski definition) is 2. The Labute approximate surface area is 162 Å². The summed E-state index contributed by atoms with van der Waals surface area (Å²) in [6.07, 6.45) is -0.313. The number of para-hydroxylation sites is 1. The maximum absolute atomic E-state index is 13.4. The van der Waals surface area contributed by atoms with E-state index >= 15 is 0 Å². The number of ether oxygens (including phenoxy) is 2. The van der Waals surface area contributed by atoms with Crippen LogP contribution in [0.5, 0.6) is 11.5 Å². The van der Waals surface area contributed by atoms with Gasteiger partial charge in [0.05, 0.1) is 11.3 Å². The van der Waals surface area contributed by atoms with Crippen molar-refractivity contribution >= 4 is 11.6 Å². The molecular weight excluding hydrogens is 356 g/mol. The molecule has 7 nitrogen and oxygen atoms in total. The van der Waals surface area contributed by atoms with E-state index in [0.717, 1.165) is 34.0 Å². The fraction of sp³-hybridized carbons (Fsp3) is 0.238. The Morgan fingerprint density at radius 1 is 1.14 bits per heavy atom. The van der Waals surface area contributed by atoms with Gasteiger partial charge in [-0.1, -0.05) is 18.2 Å². The lowest BCUT2D eigenvalue weighted by Crippen LogP contribution is -2.42. The van der Waals surface area contributed by atoms with E-state index in [1.54, 1.807) is 0 Å². The Balaban J connectivity index is 1.57. The van der Waals surface area contributed by atoms with Gasteiger partial charge in [-0.15, -0.1) is 0 Å². The number of carbonyl (C=O) groups excluding carboxylic acids is 1. The third-order valence-corrected chi connectivity index (χ3v) is 5.27. The topological polar surface area (TPSA) is 79.5 Å². The molecule has 0 saturated heterocycles. The molecule has 7 heteroatoms. The number of fused-ring (bicyclic) bond motifs is 2. The second-order valence-corrected chi connectivity index (χ2v) is 7.06. The van der Waals surface area contributed by atoms with Gasteiger partial charge in [0.25, 0.3) is 5.91 Å². The first-order valence-electron chi connectivity index (χ1n) is 9.18. The van der Waals surface area contributed by atoms with Crippen molar-refractivity contribution in [3.8, 4) is 11.5 Å². The van der Waals surface area contributed by atoms with E-state index in [1.165, 1.54) is 0 Å². The lowest BCUT2D eigenvalue weighted by atomic mass is 10.0. The van der Waals surface area contributed by atoms with Crippen molar-refractivity contribution in [3.63, 3.8) is 0 Å². The van der Waals surface area contributed by atoms with E-state index in [2.05, 4.69) is 15.5 Å². The number of nitrogens with one attached hydrogen (secondary N) is 2. The monoisotopic (exact) mass is 376 g/mol. The van der Waals surface area contributed by atoms with Crippen molar-refractivity contribution in [1.82, 2.24) is 15.1 Å². The van der Waals surface area contributed by atoms with Crippen molar-refractivity contribution in [2.75, 3.05) is 12.1 Å². The highest BCUT2D eigenvalue weighted by molar-refractivity contribution is 6.01. The molecule has 3 aromatic rings. The van der Waals surface area contributed by atoms with E-state index in [9.17, 15) is 4.79 Å². The summed E-state index contributed by atoms with van der Waals surface area (Å²) in [7, 11) is 0. The lowest BCUT2D eigenvalue weighted by molar-refractivity contribution is 0.0665. The van der Waals surface area contributed by atoms with Gasteiger partial charge in [0.15, 0.2) is 11.5 Å². The molecule has 2 N–H and O–H groups in total. The van der Waals surface area contributed by atoms with Gasteiger partial charge in [0, 0.05) is 23.5 Å². The molecule has 0 bridgehead atoms. The van der Waals surface area contributed by atoms with Crippen LogP contribution >= 0.6 is 0 Å². The van der Waals surface area contributed by atoms with Crippen LogP contribution in [0.4, 0.5) is 5.69 Å². The summed E-state index contributed by atoms with van der Waals surface area (Å²) >= 11 is 0. The number of nitrogens with zero attached hydrogens (tertiary/aromatic N) is 2. The number of aryl methyl sites for hydroxylation is 2. The second kappa shape index (κ2) is 6.30. The molecular formula is C21H20N4O3. The van der Waals surface area contributed by atoms with Gasteiger partial charge >= 0.3 is 0 Å². The molecule has 2 aromatic carbocycles. The summed E-state index contributed by atoms with van der Waals surface area (Å²) in [5.74, 6) is 1.43. The molecule has 142 valence electrons. The molecule has 1 amide bonds. The smallest absolute Gasteiger partial charge is 0.258 e. The minimum absolute atomic E-state index is 0.0167. The average molecular weight is 376 g/mol. The zero-order valence-corrected chi connectivity index (χ0v) is 15.7. The first-order chi connectivity index (χ1) is 13.6. The van der Waals surface area contributed by atoms with Crippen molar-refractivity contribution in [3.05, 3.63) is 70.5 Å². The van der Waals surface area contributed by atoms with Gasteiger partial charge in [-0.2, -0.15) is 5.10 Å². The van der Waals surface area contributed by atoms with Crippen molar-refractivity contribution < 1.29 is 14.3 Å². The zero-order valence-electron chi connectivity index (χ0n) is 15.7. The highest BCUT2D eigenvalue weighted by atomic mass is 16.7. The van der Waals surface area contributed by atoms with Gasteiger partial charge in [0.1, 0.15) is 6.17 Å². The molecule has 1 atom stereocenters. The molecule has 0 unspecified atom stereocenters. The van der Waals surface area contributed by atoms with Crippen molar-refractivity contribution in [2.45, 2.75) is 26.6 Å². The molecule has 0 radical (unpaired) electrons. The molecule has 1 aromatic heterocycles. The fourth-order valence-electron chi connectivity index (χ4n) is 3.88. The maximum atomic E-state index is 13.4. The molecule has 0 aliphatic carbocycles. The Kier molecular flexibility index (Phi) is 3.75. The summed E-state index contributed by atoms with van der Waals surface area (Å²) < 4.78 is 10.9. The summed E-state index contributed by atoms with van der Waals surface area (Å²) in [5.41, 5.74) is 5.28. The van der Waals surface area contributed by atoms with Crippen LogP contribution in [0.2, 0.25) is 0 Å². The summed E-state index contributed by atoms with van der Waals surface area (Å²) in [6, 6.07) is 13.4. The Morgan fingerprint density at radius 2 is 1.96 bits per heavy atom. The minimum Gasteiger partial charge on any atom is -0.454 e. The number of rotatable bonds is 3. The standard InChI is InChI=1S/C21H20N4O3/c1-12-19(13(2)24-23-12)20-22-16-6-4-3-5-15(16)21(26)25(20)10-14-7-8-17-18(9-14)28-11-27-17/h3-9,20,22H,10-11H2,1-2H3,(H,23,24)/t20-/m1/s1. The van der Waals surface area contributed by atoms with Crippen LogP contribution in [-0.4, -0.2) is 27.8 Å². The Bertz CT molecular complexity index is 1060. The number of carbonyl (C=O) groups is 1. The van der Waals surface area contributed by atoms with Gasteiger partial charge in [-0.3, -0.25) is 9.89 Å². The summed E-state index contributed by atoms with van der Waals surface area (Å²) in [4.78, 5) is 15.2. The first kappa shape index (κ1) is 16.7. The molecule has 2 aliphatic heterocycles. The highest BCUT2D eigenvalue weighted by Crippen LogP contribution is 2.38. The van der Waals surface area contributed by atoms with Crippen LogP contribution in [-0.2, 0) is 6.54 Å². The summed E-state index contributed by atoms with van der Waals surface area (Å²) in [6.45, 7) is 4.59. The Morgan fingerprint density at radius 3 is 2.79 bits per heavy atom.